The summed E-state index contributed by atoms with van der Waals surface area (Å²) < 4.78 is 1.93. The van der Waals surface area contributed by atoms with Gasteiger partial charge >= 0.3 is 0 Å². The molecular weight excluding hydrogens is 382 g/mol. The molecule has 0 atom stereocenters. The first kappa shape index (κ1) is 13.5. The number of hydrogen-bond donors (Lipinski definition) is 1. The lowest BCUT2D eigenvalue weighted by Gasteiger charge is -2.10. The van der Waals surface area contributed by atoms with E-state index in [1.165, 1.54) is 0 Å². The number of nitrogens with zero attached hydrogens (tertiary/aromatic N) is 2. The van der Waals surface area contributed by atoms with Gasteiger partial charge in [-0.3, -0.25) is 0 Å². The van der Waals surface area contributed by atoms with Crippen LogP contribution >= 0.6 is 31.9 Å². The zero-order valence-corrected chi connectivity index (χ0v) is 13.9. The van der Waals surface area contributed by atoms with Crippen LogP contribution in [0, 0.1) is 0 Å². The number of rotatable bonds is 2. The van der Waals surface area contributed by atoms with Crippen LogP contribution in [0.2, 0.25) is 0 Å². The van der Waals surface area contributed by atoms with Crippen molar-refractivity contribution in [3.8, 4) is 11.4 Å². The lowest BCUT2D eigenvalue weighted by molar-refractivity contribution is 1.21. The summed E-state index contributed by atoms with van der Waals surface area (Å²) in [5.41, 5.74) is 1.90. The van der Waals surface area contributed by atoms with Crippen molar-refractivity contribution in [2.75, 3.05) is 12.4 Å². The van der Waals surface area contributed by atoms with Crippen molar-refractivity contribution in [3.05, 3.63) is 51.4 Å². The molecule has 3 aromatic rings. The van der Waals surface area contributed by atoms with E-state index in [-0.39, 0.29) is 0 Å². The lowest BCUT2D eigenvalue weighted by atomic mass is 10.2. The molecule has 5 heteroatoms. The predicted molar refractivity (Wildman–Crippen MR) is 89.9 cm³/mol. The van der Waals surface area contributed by atoms with Crippen LogP contribution in [0.15, 0.2) is 51.4 Å². The van der Waals surface area contributed by atoms with Crippen molar-refractivity contribution in [2.24, 2.45) is 0 Å². The standard InChI is InChI=1S/C15H11Br2N3/c1-18-15-11-7-10(16)8-12(17)13(11)19-14(20-15)9-5-3-2-4-6-9/h2-8H,1H3,(H,18,19,20). The fraction of sp³-hybridized carbons (Fsp3) is 0.0667. The Morgan fingerprint density at radius 2 is 1.75 bits per heavy atom. The van der Waals surface area contributed by atoms with E-state index in [2.05, 4.69) is 47.1 Å². The van der Waals surface area contributed by atoms with Crippen molar-refractivity contribution in [1.82, 2.24) is 9.97 Å². The summed E-state index contributed by atoms with van der Waals surface area (Å²) in [5, 5.41) is 4.12. The molecule has 1 heterocycles. The van der Waals surface area contributed by atoms with Gasteiger partial charge < -0.3 is 5.32 Å². The Labute approximate surface area is 133 Å². The molecule has 0 aliphatic carbocycles. The van der Waals surface area contributed by atoms with E-state index >= 15 is 0 Å². The molecule has 3 rings (SSSR count). The highest BCUT2D eigenvalue weighted by Gasteiger charge is 2.11. The van der Waals surface area contributed by atoms with E-state index in [0.717, 1.165) is 31.2 Å². The van der Waals surface area contributed by atoms with Gasteiger partial charge in [0.25, 0.3) is 0 Å². The molecule has 1 N–H and O–H groups in total. The number of fused-ring (bicyclic) bond motifs is 1. The minimum atomic E-state index is 0.713. The molecule has 20 heavy (non-hydrogen) atoms. The summed E-state index contributed by atoms with van der Waals surface area (Å²) in [6, 6.07) is 14.0. The maximum Gasteiger partial charge on any atom is 0.162 e. The first-order chi connectivity index (χ1) is 9.69. The highest BCUT2D eigenvalue weighted by molar-refractivity contribution is 9.11. The Kier molecular flexibility index (Phi) is 3.72. The second-order valence-corrected chi connectivity index (χ2v) is 6.07. The molecule has 0 saturated carbocycles. The zero-order valence-electron chi connectivity index (χ0n) is 10.7. The van der Waals surface area contributed by atoms with Gasteiger partial charge in [-0.15, -0.1) is 0 Å². The number of aromatic nitrogens is 2. The van der Waals surface area contributed by atoms with Crippen LogP contribution < -0.4 is 5.32 Å². The van der Waals surface area contributed by atoms with Crippen LogP contribution in [-0.2, 0) is 0 Å². The zero-order chi connectivity index (χ0) is 14.1. The molecule has 0 saturated heterocycles. The van der Waals surface area contributed by atoms with Crippen LogP contribution in [0.5, 0.6) is 0 Å². The third-order valence-electron chi connectivity index (χ3n) is 2.99. The Morgan fingerprint density at radius 3 is 2.45 bits per heavy atom. The highest BCUT2D eigenvalue weighted by atomic mass is 79.9. The molecule has 0 aliphatic heterocycles. The topological polar surface area (TPSA) is 37.8 Å². The van der Waals surface area contributed by atoms with Gasteiger partial charge in [0.1, 0.15) is 5.82 Å². The first-order valence-corrected chi connectivity index (χ1v) is 7.67. The normalized spacial score (nSPS) is 10.8. The van der Waals surface area contributed by atoms with Crippen LogP contribution in [0.25, 0.3) is 22.3 Å². The van der Waals surface area contributed by atoms with Crippen molar-refractivity contribution >= 4 is 48.6 Å². The van der Waals surface area contributed by atoms with E-state index in [9.17, 15) is 0 Å². The fourth-order valence-corrected chi connectivity index (χ4v) is 3.38. The van der Waals surface area contributed by atoms with Gasteiger partial charge in [-0.1, -0.05) is 46.3 Å². The van der Waals surface area contributed by atoms with Crippen molar-refractivity contribution in [3.63, 3.8) is 0 Å². The minimum Gasteiger partial charge on any atom is -0.373 e. The van der Waals surface area contributed by atoms with Crippen LogP contribution in [0.3, 0.4) is 0 Å². The van der Waals surface area contributed by atoms with Gasteiger partial charge in [0.05, 0.1) is 5.52 Å². The minimum absolute atomic E-state index is 0.713. The Hall–Kier alpha value is -1.46. The number of benzene rings is 2. The Balaban J connectivity index is 2.32. The average Bonchev–Trinajstić information content (AvgIpc) is 2.47. The summed E-state index contributed by atoms with van der Waals surface area (Å²) in [6.45, 7) is 0. The van der Waals surface area contributed by atoms with Gasteiger partial charge in [0, 0.05) is 26.9 Å². The molecule has 2 aromatic carbocycles. The number of nitrogens with one attached hydrogen (secondary N) is 1. The van der Waals surface area contributed by atoms with Gasteiger partial charge in [0.2, 0.25) is 0 Å². The van der Waals surface area contributed by atoms with Gasteiger partial charge in [0.15, 0.2) is 5.82 Å². The third kappa shape index (κ3) is 2.43. The predicted octanol–water partition coefficient (Wildman–Crippen LogP) is 4.86. The fourth-order valence-electron chi connectivity index (χ4n) is 2.06. The molecule has 1 aromatic heterocycles. The molecule has 0 fully saturated rings. The summed E-state index contributed by atoms with van der Waals surface area (Å²) in [4.78, 5) is 9.28. The number of halogens is 2. The van der Waals surface area contributed by atoms with Crippen molar-refractivity contribution < 1.29 is 0 Å². The van der Waals surface area contributed by atoms with Gasteiger partial charge in [-0.05, 0) is 28.1 Å². The summed E-state index contributed by atoms with van der Waals surface area (Å²) >= 11 is 7.07. The van der Waals surface area contributed by atoms with Crippen LogP contribution in [0.4, 0.5) is 5.82 Å². The number of anilines is 1. The van der Waals surface area contributed by atoms with E-state index in [4.69, 9.17) is 0 Å². The Bertz CT molecular complexity index is 773. The van der Waals surface area contributed by atoms with Gasteiger partial charge in [-0.25, -0.2) is 9.97 Å². The maximum absolute atomic E-state index is 4.68. The molecule has 0 amide bonds. The maximum atomic E-state index is 4.68. The molecule has 0 spiro atoms. The quantitative estimate of drug-likeness (QED) is 0.676. The third-order valence-corrected chi connectivity index (χ3v) is 4.05. The average molecular weight is 393 g/mol. The summed E-state index contributed by atoms with van der Waals surface area (Å²) in [5.74, 6) is 1.53. The summed E-state index contributed by atoms with van der Waals surface area (Å²) in [7, 11) is 1.87. The van der Waals surface area contributed by atoms with Crippen molar-refractivity contribution in [2.45, 2.75) is 0 Å². The number of hydrogen-bond acceptors (Lipinski definition) is 3. The molecule has 3 nitrogen and oxygen atoms in total. The smallest absolute Gasteiger partial charge is 0.162 e. The second-order valence-electron chi connectivity index (χ2n) is 4.30. The molecule has 0 radical (unpaired) electrons. The van der Waals surface area contributed by atoms with E-state index in [0.29, 0.717) is 5.82 Å². The van der Waals surface area contributed by atoms with Gasteiger partial charge in [-0.2, -0.15) is 0 Å². The second kappa shape index (κ2) is 5.50. The first-order valence-electron chi connectivity index (χ1n) is 6.09. The SMILES string of the molecule is CNc1nc(-c2ccccc2)nc2c(Br)cc(Br)cc12. The molecule has 0 unspecified atom stereocenters. The summed E-state index contributed by atoms with van der Waals surface area (Å²) in [6.07, 6.45) is 0. The Morgan fingerprint density at radius 1 is 1.00 bits per heavy atom. The van der Waals surface area contributed by atoms with Crippen molar-refractivity contribution in [1.29, 1.82) is 0 Å². The van der Waals surface area contributed by atoms with Crippen LogP contribution in [-0.4, -0.2) is 17.0 Å². The largest absolute Gasteiger partial charge is 0.373 e. The lowest BCUT2D eigenvalue weighted by Crippen LogP contribution is -1.99. The van der Waals surface area contributed by atoms with E-state index in [1.807, 2.05) is 49.5 Å². The molecule has 100 valence electrons. The molecule has 0 bridgehead atoms. The molecule has 0 aliphatic rings. The van der Waals surface area contributed by atoms with E-state index in [1.54, 1.807) is 0 Å². The highest BCUT2D eigenvalue weighted by Crippen LogP contribution is 2.32. The van der Waals surface area contributed by atoms with Crippen LogP contribution in [0.1, 0.15) is 0 Å². The molecular formula is C15H11Br2N3. The van der Waals surface area contributed by atoms with E-state index < -0.39 is 0 Å². The monoisotopic (exact) mass is 391 g/mol.